The van der Waals surface area contributed by atoms with Crippen LogP contribution in [0.1, 0.15) is 37.0 Å². The molecule has 0 N–H and O–H groups in total. The third kappa shape index (κ3) is 3.66. The smallest absolute Gasteiger partial charge is 0.308 e. The van der Waals surface area contributed by atoms with Gasteiger partial charge in [0, 0.05) is 30.5 Å². The molecule has 2 aliphatic rings. The highest BCUT2D eigenvalue weighted by Crippen LogP contribution is 2.34. The van der Waals surface area contributed by atoms with E-state index >= 15 is 0 Å². The summed E-state index contributed by atoms with van der Waals surface area (Å²) in [6, 6.07) is 5.77. The zero-order valence-electron chi connectivity index (χ0n) is 15.7. The molecular weight excluding hydrogens is 346 g/mol. The molecule has 0 atom stereocenters. The number of carbonyl (C=O) groups excluding carboxylic acids is 2. The van der Waals surface area contributed by atoms with Crippen LogP contribution in [0.4, 0.5) is 0 Å². The number of rotatable bonds is 4. The van der Waals surface area contributed by atoms with Gasteiger partial charge in [-0.3, -0.25) is 9.59 Å². The molecule has 1 aromatic heterocycles. The van der Waals surface area contributed by atoms with Crippen molar-refractivity contribution < 1.29 is 23.5 Å². The van der Waals surface area contributed by atoms with Gasteiger partial charge in [-0.2, -0.15) is 0 Å². The Labute approximate surface area is 158 Å². The summed E-state index contributed by atoms with van der Waals surface area (Å²) in [7, 11) is 1.40. The number of ether oxygens (including phenoxy) is 2. The number of esters is 1. The van der Waals surface area contributed by atoms with Crippen LogP contribution in [0.25, 0.3) is 11.0 Å². The Balaban J connectivity index is 1.36. The Morgan fingerprint density at radius 2 is 1.96 bits per heavy atom. The first-order valence-electron chi connectivity index (χ1n) is 9.68. The van der Waals surface area contributed by atoms with E-state index in [1.54, 1.807) is 4.90 Å². The second-order valence-corrected chi connectivity index (χ2v) is 7.34. The van der Waals surface area contributed by atoms with Gasteiger partial charge < -0.3 is 18.8 Å². The number of benzene rings is 1. The molecule has 27 heavy (non-hydrogen) atoms. The van der Waals surface area contributed by atoms with Crippen molar-refractivity contribution in [3.05, 3.63) is 29.5 Å². The van der Waals surface area contributed by atoms with Crippen LogP contribution in [0, 0.1) is 5.92 Å². The first-order chi connectivity index (χ1) is 13.2. The van der Waals surface area contributed by atoms with Crippen molar-refractivity contribution >= 4 is 22.8 Å². The number of likely N-dealkylation sites (tertiary alicyclic amines) is 1. The van der Waals surface area contributed by atoms with Gasteiger partial charge in [0.1, 0.15) is 17.1 Å². The average molecular weight is 371 g/mol. The highest BCUT2D eigenvalue weighted by Gasteiger charge is 2.28. The van der Waals surface area contributed by atoms with E-state index in [0.29, 0.717) is 31.7 Å². The third-order valence-corrected chi connectivity index (χ3v) is 5.67. The maximum atomic E-state index is 12.4. The number of carbonyl (C=O) groups is 2. The summed E-state index contributed by atoms with van der Waals surface area (Å²) in [5.74, 6) is 1.45. The predicted molar refractivity (Wildman–Crippen MR) is 99.7 cm³/mol. The number of methoxy groups -OCH3 is 1. The van der Waals surface area contributed by atoms with Crippen LogP contribution in [0.2, 0.25) is 0 Å². The number of aryl methyl sites for hydroxylation is 2. The van der Waals surface area contributed by atoms with Crippen LogP contribution in [0.15, 0.2) is 22.6 Å². The van der Waals surface area contributed by atoms with Crippen molar-refractivity contribution in [2.45, 2.75) is 38.5 Å². The molecule has 6 nitrogen and oxygen atoms in total. The fourth-order valence-electron chi connectivity index (χ4n) is 4.10. The first kappa shape index (κ1) is 17.9. The monoisotopic (exact) mass is 371 g/mol. The Morgan fingerprint density at radius 3 is 2.74 bits per heavy atom. The molecule has 2 heterocycles. The predicted octanol–water partition coefficient (Wildman–Crippen LogP) is 3.10. The van der Waals surface area contributed by atoms with E-state index in [1.807, 2.05) is 18.2 Å². The normalized spacial score (nSPS) is 17.6. The maximum absolute atomic E-state index is 12.4. The molecule has 1 amide bonds. The minimum absolute atomic E-state index is 0.00837. The molecule has 0 saturated carbocycles. The molecule has 2 aromatic rings. The summed E-state index contributed by atoms with van der Waals surface area (Å²) in [6.45, 7) is 1.14. The summed E-state index contributed by atoms with van der Waals surface area (Å²) in [6.07, 6.45) is 5.70. The highest BCUT2D eigenvalue weighted by atomic mass is 16.5. The lowest BCUT2D eigenvalue weighted by Crippen LogP contribution is -2.42. The lowest BCUT2D eigenvalue weighted by atomic mass is 9.96. The number of piperidine rings is 1. The molecule has 0 radical (unpaired) electrons. The van der Waals surface area contributed by atoms with Crippen LogP contribution < -0.4 is 4.74 Å². The molecule has 0 unspecified atom stereocenters. The van der Waals surface area contributed by atoms with Crippen molar-refractivity contribution in [2.75, 3.05) is 26.8 Å². The number of nitrogens with zero attached hydrogens (tertiary/aromatic N) is 1. The van der Waals surface area contributed by atoms with Crippen molar-refractivity contribution in [3.63, 3.8) is 0 Å². The number of hydrogen-bond acceptors (Lipinski definition) is 5. The molecule has 0 spiro atoms. The topological polar surface area (TPSA) is 69.0 Å². The molecule has 144 valence electrons. The number of fused-ring (bicyclic) bond motifs is 3. The Morgan fingerprint density at radius 1 is 1.19 bits per heavy atom. The van der Waals surface area contributed by atoms with E-state index in [0.717, 1.165) is 29.6 Å². The second kappa shape index (κ2) is 7.62. The average Bonchev–Trinajstić information content (AvgIpc) is 3.09. The molecule has 1 fully saturated rings. The molecule has 0 bridgehead atoms. The van der Waals surface area contributed by atoms with Crippen molar-refractivity contribution in [1.29, 1.82) is 0 Å². The summed E-state index contributed by atoms with van der Waals surface area (Å²) < 4.78 is 16.5. The van der Waals surface area contributed by atoms with E-state index < -0.39 is 0 Å². The molecule has 4 rings (SSSR count). The SMILES string of the molecule is COC(=O)C1CCN(C(=O)COc2ccc3oc4c(c3c2)CCCC4)CC1. The van der Waals surface area contributed by atoms with Gasteiger partial charge in [0.05, 0.1) is 13.0 Å². The molecular formula is C21H25NO5. The Bertz CT molecular complexity index is 848. The van der Waals surface area contributed by atoms with Crippen LogP contribution in [-0.2, 0) is 27.2 Å². The number of furan rings is 1. The zero-order chi connectivity index (χ0) is 18.8. The Hall–Kier alpha value is -2.50. The Kier molecular flexibility index (Phi) is 5.05. The second-order valence-electron chi connectivity index (χ2n) is 7.34. The zero-order valence-corrected chi connectivity index (χ0v) is 15.7. The van der Waals surface area contributed by atoms with E-state index in [9.17, 15) is 9.59 Å². The van der Waals surface area contributed by atoms with Crippen molar-refractivity contribution in [2.24, 2.45) is 5.92 Å². The highest BCUT2D eigenvalue weighted by molar-refractivity contribution is 5.84. The quantitative estimate of drug-likeness (QED) is 0.773. The minimum atomic E-state index is -0.185. The van der Waals surface area contributed by atoms with E-state index in [1.165, 1.54) is 25.5 Å². The molecule has 1 aromatic carbocycles. The number of hydrogen-bond donors (Lipinski definition) is 0. The van der Waals surface area contributed by atoms with Gasteiger partial charge in [-0.15, -0.1) is 0 Å². The molecule has 6 heteroatoms. The first-order valence-corrected chi connectivity index (χ1v) is 9.68. The van der Waals surface area contributed by atoms with Gasteiger partial charge >= 0.3 is 5.97 Å². The standard InChI is InChI=1S/C21H25NO5/c1-25-21(24)14-8-10-22(11-9-14)20(23)13-26-15-6-7-19-17(12-15)16-4-2-3-5-18(16)27-19/h6-7,12,14H,2-5,8-11,13H2,1H3. The fourth-order valence-corrected chi connectivity index (χ4v) is 4.10. The lowest BCUT2D eigenvalue weighted by Gasteiger charge is -2.30. The molecule has 1 saturated heterocycles. The van der Waals surface area contributed by atoms with Gasteiger partial charge in [-0.1, -0.05) is 0 Å². The van der Waals surface area contributed by atoms with Crippen molar-refractivity contribution in [3.8, 4) is 5.75 Å². The minimum Gasteiger partial charge on any atom is -0.484 e. The van der Waals surface area contributed by atoms with E-state index in [2.05, 4.69) is 0 Å². The van der Waals surface area contributed by atoms with Crippen molar-refractivity contribution in [1.82, 2.24) is 4.90 Å². The third-order valence-electron chi connectivity index (χ3n) is 5.67. The number of amides is 1. The van der Waals surface area contributed by atoms with Gasteiger partial charge in [0.15, 0.2) is 6.61 Å². The largest absolute Gasteiger partial charge is 0.484 e. The van der Waals surface area contributed by atoms with Gasteiger partial charge in [0.25, 0.3) is 5.91 Å². The van der Waals surface area contributed by atoms with Crippen LogP contribution >= 0.6 is 0 Å². The summed E-state index contributed by atoms with van der Waals surface area (Å²) in [5.41, 5.74) is 2.18. The summed E-state index contributed by atoms with van der Waals surface area (Å²) >= 11 is 0. The van der Waals surface area contributed by atoms with Crippen LogP contribution in [-0.4, -0.2) is 43.6 Å². The van der Waals surface area contributed by atoms with Crippen LogP contribution in [0.3, 0.4) is 0 Å². The lowest BCUT2D eigenvalue weighted by molar-refractivity contribution is -0.149. The van der Waals surface area contributed by atoms with Gasteiger partial charge in [0.2, 0.25) is 0 Å². The summed E-state index contributed by atoms with van der Waals surface area (Å²) in [4.78, 5) is 25.8. The van der Waals surface area contributed by atoms with E-state index in [4.69, 9.17) is 13.9 Å². The van der Waals surface area contributed by atoms with E-state index in [-0.39, 0.29) is 24.4 Å². The maximum Gasteiger partial charge on any atom is 0.308 e. The molecule has 1 aliphatic carbocycles. The van der Waals surface area contributed by atoms with Crippen LogP contribution in [0.5, 0.6) is 5.75 Å². The summed E-state index contributed by atoms with van der Waals surface area (Å²) in [5, 5.41) is 1.11. The molecule has 1 aliphatic heterocycles. The fraction of sp³-hybridized carbons (Fsp3) is 0.524. The van der Waals surface area contributed by atoms with Gasteiger partial charge in [-0.05, 0) is 50.3 Å². The van der Waals surface area contributed by atoms with Gasteiger partial charge in [-0.25, -0.2) is 0 Å².